The molecule has 0 aliphatic heterocycles. The second-order valence-electron chi connectivity index (χ2n) is 4.54. The fourth-order valence-electron chi connectivity index (χ4n) is 1.94. The Balaban J connectivity index is 1.65. The van der Waals surface area contributed by atoms with E-state index in [4.69, 9.17) is 4.74 Å². The molecule has 0 aromatic carbocycles. The van der Waals surface area contributed by atoms with Crippen molar-refractivity contribution in [3.63, 3.8) is 0 Å². The number of aryl methyl sites for hydroxylation is 2. The van der Waals surface area contributed by atoms with Crippen LogP contribution in [-0.4, -0.2) is 17.6 Å². The Hall–Kier alpha value is -1.20. The molecule has 2 aromatic heterocycles. The molecule has 0 aliphatic rings. The summed E-state index contributed by atoms with van der Waals surface area (Å²) >= 11 is 3.31. The molecule has 0 amide bonds. The van der Waals surface area contributed by atoms with Crippen LogP contribution in [-0.2, 0) is 17.6 Å². The predicted molar refractivity (Wildman–Crippen MR) is 83.6 cm³/mol. The molecule has 0 radical (unpaired) electrons. The average molecular weight is 309 g/mol. The van der Waals surface area contributed by atoms with Crippen molar-refractivity contribution in [1.82, 2.24) is 4.98 Å². The van der Waals surface area contributed by atoms with E-state index >= 15 is 0 Å². The van der Waals surface area contributed by atoms with Gasteiger partial charge in [-0.1, -0.05) is 6.42 Å². The molecule has 3 nitrogen and oxygen atoms in total. The summed E-state index contributed by atoms with van der Waals surface area (Å²) in [5.74, 6) is -0.313. The van der Waals surface area contributed by atoms with Crippen molar-refractivity contribution < 1.29 is 9.53 Å². The molecule has 0 aliphatic carbocycles. The predicted octanol–water partition coefficient (Wildman–Crippen LogP) is 4.34. The average Bonchev–Trinajstić information content (AvgIpc) is 3.09. The van der Waals surface area contributed by atoms with Gasteiger partial charge in [-0.3, -0.25) is 0 Å². The standard InChI is InChI=1S/C15H19NO2S2/c1-2-18-15(17)13-11-20-14(16-13)7-5-3-4-6-12-8-9-19-10-12/h8-11H,2-7H2,1H3. The van der Waals surface area contributed by atoms with Crippen LogP contribution in [0.1, 0.15) is 47.2 Å². The topological polar surface area (TPSA) is 39.2 Å². The molecule has 0 unspecified atom stereocenters. The number of esters is 1. The molecule has 0 fully saturated rings. The molecule has 2 aromatic rings. The lowest BCUT2D eigenvalue weighted by molar-refractivity contribution is 0.0520. The third kappa shape index (κ3) is 4.72. The lowest BCUT2D eigenvalue weighted by Gasteiger charge is -1.99. The summed E-state index contributed by atoms with van der Waals surface area (Å²) in [6.07, 6.45) is 5.65. The summed E-state index contributed by atoms with van der Waals surface area (Å²) in [4.78, 5) is 15.8. The number of nitrogens with zero attached hydrogens (tertiary/aromatic N) is 1. The zero-order chi connectivity index (χ0) is 14.2. The van der Waals surface area contributed by atoms with Crippen molar-refractivity contribution >= 4 is 28.6 Å². The molecule has 5 heteroatoms. The van der Waals surface area contributed by atoms with Gasteiger partial charge in [0, 0.05) is 5.38 Å². The molecule has 20 heavy (non-hydrogen) atoms. The molecular formula is C15H19NO2S2. The van der Waals surface area contributed by atoms with Crippen molar-refractivity contribution in [2.45, 2.75) is 39.0 Å². The van der Waals surface area contributed by atoms with Crippen molar-refractivity contribution in [2.75, 3.05) is 6.61 Å². The fourth-order valence-corrected chi connectivity index (χ4v) is 3.45. The summed E-state index contributed by atoms with van der Waals surface area (Å²) in [5.41, 5.74) is 1.89. The molecule has 2 rings (SSSR count). The number of unbranched alkanes of at least 4 members (excludes halogenated alkanes) is 2. The monoisotopic (exact) mass is 309 g/mol. The maximum Gasteiger partial charge on any atom is 0.357 e. The number of carbonyl (C=O) groups is 1. The normalized spacial score (nSPS) is 10.7. The molecule has 0 saturated carbocycles. The van der Waals surface area contributed by atoms with E-state index < -0.39 is 0 Å². The van der Waals surface area contributed by atoms with Crippen LogP contribution in [0.15, 0.2) is 22.2 Å². The summed E-state index contributed by atoms with van der Waals surface area (Å²) in [6.45, 7) is 2.20. The number of carbonyl (C=O) groups excluding carboxylic acids is 1. The van der Waals surface area contributed by atoms with Gasteiger partial charge in [0.25, 0.3) is 0 Å². The highest BCUT2D eigenvalue weighted by molar-refractivity contribution is 7.09. The Labute approximate surface area is 127 Å². The Morgan fingerprint density at radius 1 is 1.25 bits per heavy atom. The Morgan fingerprint density at radius 3 is 2.85 bits per heavy atom. The van der Waals surface area contributed by atoms with Crippen molar-refractivity contribution in [2.24, 2.45) is 0 Å². The van der Waals surface area contributed by atoms with E-state index in [0.29, 0.717) is 12.3 Å². The van der Waals surface area contributed by atoms with Crippen LogP contribution in [0.4, 0.5) is 0 Å². The second kappa shape index (κ2) is 8.17. The van der Waals surface area contributed by atoms with Gasteiger partial charge in [-0.15, -0.1) is 11.3 Å². The van der Waals surface area contributed by atoms with Crippen LogP contribution in [0.2, 0.25) is 0 Å². The first kappa shape index (κ1) is 15.2. The summed E-state index contributed by atoms with van der Waals surface area (Å²) < 4.78 is 4.93. The van der Waals surface area contributed by atoms with Crippen molar-refractivity contribution in [3.8, 4) is 0 Å². The van der Waals surface area contributed by atoms with Crippen LogP contribution in [0.3, 0.4) is 0 Å². The van der Waals surface area contributed by atoms with Gasteiger partial charge < -0.3 is 4.74 Å². The van der Waals surface area contributed by atoms with E-state index in [-0.39, 0.29) is 5.97 Å². The maximum atomic E-state index is 11.5. The van der Waals surface area contributed by atoms with Crippen LogP contribution in [0, 0.1) is 0 Å². The quantitative estimate of drug-likeness (QED) is 0.538. The number of thiazole rings is 1. The molecule has 0 bridgehead atoms. The van der Waals surface area contributed by atoms with E-state index in [1.165, 1.54) is 18.4 Å². The lowest BCUT2D eigenvalue weighted by Crippen LogP contribution is -2.05. The van der Waals surface area contributed by atoms with Gasteiger partial charge in [0.2, 0.25) is 0 Å². The molecule has 0 saturated heterocycles. The fraction of sp³-hybridized carbons (Fsp3) is 0.467. The highest BCUT2D eigenvalue weighted by Gasteiger charge is 2.11. The minimum absolute atomic E-state index is 0.313. The minimum Gasteiger partial charge on any atom is -0.461 e. The number of thiophene rings is 1. The molecule has 108 valence electrons. The third-order valence-corrected chi connectivity index (χ3v) is 4.61. The van der Waals surface area contributed by atoms with Crippen LogP contribution in [0.5, 0.6) is 0 Å². The molecule has 0 N–H and O–H groups in total. The Kier molecular flexibility index (Phi) is 6.21. The van der Waals surface area contributed by atoms with E-state index in [1.807, 2.05) is 0 Å². The first-order valence-electron chi connectivity index (χ1n) is 6.92. The zero-order valence-corrected chi connectivity index (χ0v) is 13.3. The van der Waals surface area contributed by atoms with E-state index in [2.05, 4.69) is 21.8 Å². The van der Waals surface area contributed by atoms with E-state index in [1.54, 1.807) is 35.0 Å². The molecular weight excluding hydrogens is 290 g/mol. The molecule has 0 atom stereocenters. The lowest BCUT2D eigenvalue weighted by atomic mass is 10.1. The highest BCUT2D eigenvalue weighted by Crippen LogP contribution is 2.15. The van der Waals surface area contributed by atoms with Crippen LogP contribution < -0.4 is 0 Å². The van der Waals surface area contributed by atoms with Gasteiger partial charge in [-0.2, -0.15) is 11.3 Å². The third-order valence-electron chi connectivity index (χ3n) is 2.97. The first-order valence-corrected chi connectivity index (χ1v) is 8.74. The maximum absolute atomic E-state index is 11.5. The van der Waals surface area contributed by atoms with Crippen LogP contribution in [0.25, 0.3) is 0 Å². The zero-order valence-electron chi connectivity index (χ0n) is 11.6. The Bertz CT molecular complexity index is 520. The minimum atomic E-state index is -0.313. The van der Waals surface area contributed by atoms with Crippen molar-refractivity contribution in [1.29, 1.82) is 0 Å². The second-order valence-corrected chi connectivity index (χ2v) is 6.26. The number of hydrogen-bond acceptors (Lipinski definition) is 5. The smallest absolute Gasteiger partial charge is 0.357 e. The first-order chi connectivity index (χ1) is 9.79. The highest BCUT2D eigenvalue weighted by atomic mass is 32.1. The van der Waals surface area contributed by atoms with Crippen LogP contribution >= 0.6 is 22.7 Å². The van der Waals surface area contributed by atoms with Gasteiger partial charge in [0.1, 0.15) is 0 Å². The van der Waals surface area contributed by atoms with E-state index in [0.717, 1.165) is 24.3 Å². The van der Waals surface area contributed by atoms with Gasteiger partial charge >= 0.3 is 5.97 Å². The number of ether oxygens (including phenoxy) is 1. The number of rotatable bonds is 8. The SMILES string of the molecule is CCOC(=O)c1csc(CCCCCc2ccsc2)n1. The van der Waals surface area contributed by atoms with E-state index in [9.17, 15) is 4.79 Å². The molecule has 2 heterocycles. The molecule has 0 spiro atoms. The summed E-state index contributed by atoms with van der Waals surface area (Å²) in [6, 6.07) is 2.19. The summed E-state index contributed by atoms with van der Waals surface area (Å²) in [5, 5.41) is 7.16. The van der Waals surface area contributed by atoms with Gasteiger partial charge in [0.05, 0.1) is 11.6 Å². The van der Waals surface area contributed by atoms with Gasteiger partial charge in [-0.05, 0) is 55.0 Å². The van der Waals surface area contributed by atoms with Gasteiger partial charge in [-0.25, -0.2) is 9.78 Å². The summed E-state index contributed by atoms with van der Waals surface area (Å²) in [7, 11) is 0. The number of hydrogen-bond donors (Lipinski definition) is 0. The Morgan fingerprint density at radius 2 is 2.10 bits per heavy atom. The van der Waals surface area contributed by atoms with Crippen molar-refractivity contribution in [3.05, 3.63) is 38.5 Å². The number of aromatic nitrogens is 1. The largest absolute Gasteiger partial charge is 0.461 e. The van der Waals surface area contributed by atoms with Gasteiger partial charge in [0.15, 0.2) is 5.69 Å².